The van der Waals surface area contributed by atoms with E-state index in [1.807, 2.05) is 110 Å². The smallest absolute Gasteiger partial charge is 0.248 e. The molecule has 6 aromatic carbocycles. The minimum absolute atomic E-state index is 0.540. The van der Waals surface area contributed by atoms with Crippen LogP contribution >= 0.6 is 0 Å². The lowest BCUT2D eigenvalue weighted by molar-refractivity contribution is 0.584. The van der Waals surface area contributed by atoms with Crippen LogP contribution in [0.15, 0.2) is 162 Å². The summed E-state index contributed by atoms with van der Waals surface area (Å²) in [6.45, 7) is 4.09. The van der Waals surface area contributed by atoms with Gasteiger partial charge in [-0.05, 0) is 73.2 Å². The molecule has 7 heteroatoms. The fraction of sp³-hybridized carbons (Fsp3) is 0.0909. The van der Waals surface area contributed by atoms with Gasteiger partial charge in [0.1, 0.15) is 0 Å². The summed E-state index contributed by atoms with van der Waals surface area (Å²) in [4.78, 5) is 0. The van der Waals surface area contributed by atoms with Gasteiger partial charge in [0.25, 0.3) is 0 Å². The van der Waals surface area contributed by atoms with Gasteiger partial charge in [0, 0.05) is 22.3 Å². The zero-order valence-electron chi connectivity index (χ0n) is 28.5. The highest BCUT2D eigenvalue weighted by molar-refractivity contribution is 5.63. The quantitative estimate of drug-likeness (QED) is 0.160. The van der Waals surface area contributed by atoms with E-state index in [0.717, 1.165) is 46.2 Å². The van der Waals surface area contributed by atoms with Gasteiger partial charge in [0.15, 0.2) is 0 Å². The molecule has 0 N–H and O–H groups in total. The molecule has 0 fully saturated rings. The van der Waals surface area contributed by atoms with Gasteiger partial charge < -0.3 is 4.42 Å². The second-order valence-corrected chi connectivity index (χ2v) is 12.3. The largest absolute Gasteiger partial charge is 0.416 e. The second-order valence-electron chi connectivity index (χ2n) is 12.3. The van der Waals surface area contributed by atoms with Crippen molar-refractivity contribution in [1.82, 2.24) is 30.6 Å². The highest BCUT2D eigenvalue weighted by Gasteiger charge is 2.14. The summed E-state index contributed by atoms with van der Waals surface area (Å²) in [5, 5.41) is 25.8. The molecule has 0 aliphatic heterocycles. The third-order valence-corrected chi connectivity index (χ3v) is 8.43. The Bertz CT molecular complexity index is 2340. The van der Waals surface area contributed by atoms with Crippen LogP contribution in [0, 0.1) is 13.8 Å². The van der Waals surface area contributed by atoms with Gasteiger partial charge in [-0.1, -0.05) is 145 Å². The number of aryl methyl sites for hydroxylation is 2. The molecule has 2 aromatic heterocycles. The van der Waals surface area contributed by atoms with Gasteiger partial charge in [0.2, 0.25) is 23.4 Å². The van der Waals surface area contributed by atoms with E-state index in [-0.39, 0.29) is 0 Å². The van der Waals surface area contributed by atoms with Crippen LogP contribution in [0.5, 0.6) is 0 Å². The van der Waals surface area contributed by atoms with Crippen molar-refractivity contribution in [3.05, 3.63) is 191 Å². The molecule has 248 valence electrons. The lowest BCUT2D eigenvalue weighted by atomic mass is 9.99. The number of hydrogen-bond acceptors (Lipinski definition) is 7. The number of benzene rings is 6. The van der Waals surface area contributed by atoms with Crippen molar-refractivity contribution in [2.24, 2.45) is 0 Å². The Morgan fingerprint density at radius 2 is 0.863 bits per heavy atom. The molecule has 0 atom stereocenters. The van der Waals surface area contributed by atoms with Crippen molar-refractivity contribution in [2.75, 3.05) is 0 Å². The van der Waals surface area contributed by atoms with E-state index in [2.05, 4.69) is 92.1 Å². The maximum absolute atomic E-state index is 5.97. The Balaban J connectivity index is 0.000000159. The molecule has 0 aliphatic rings. The lowest BCUT2D eigenvalue weighted by Crippen LogP contribution is -2.01. The SMILES string of the molecule is Cc1cccc(-c2nnc(-c3ccccc3Cc3ccccc3)nn2)c1.Cc1cccc(-c2nnc(-c3ccccc3Cc3ccccc3)o2)c1. The van der Waals surface area contributed by atoms with E-state index in [0.29, 0.717) is 23.4 Å². The molecule has 0 bridgehead atoms. The van der Waals surface area contributed by atoms with Crippen LogP contribution in [0.4, 0.5) is 0 Å². The average molecular weight is 665 g/mol. The van der Waals surface area contributed by atoms with Crippen LogP contribution in [0.1, 0.15) is 33.4 Å². The first-order valence-electron chi connectivity index (χ1n) is 16.9. The van der Waals surface area contributed by atoms with Crippen LogP contribution < -0.4 is 0 Å². The molecule has 8 rings (SSSR count). The molecule has 0 amide bonds. The molecule has 2 heterocycles. The van der Waals surface area contributed by atoms with Crippen LogP contribution in [-0.2, 0) is 12.8 Å². The number of aromatic nitrogens is 6. The highest BCUT2D eigenvalue weighted by atomic mass is 16.4. The van der Waals surface area contributed by atoms with Crippen LogP contribution in [-0.4, -0.2) is 30.6 Å². The topological polar surface area (TPSA) is 90.5 Å². The zero-order chi connectivity index (χ0) is 34.8. The summed E-state index contributed by atoms with van der Waals surface area (Å²) < 4.78 is 5.97. The summed E-state index contributed by atoms with van der Waals surface area (Å²) in [6, 6.07) is 53.2. The maximum atomic E-state index is 5.97. The van der Waals surface area contributed by atoms with Gasteiger partial charge in [-0.15, -0.1) is 30.6 Å². The maximum Gasteiger partial charge on any atom is 0.248 e. The molecule has 0 unspecified atom stereocenters. The fourth-order valence-electron chi connectivity index (χ4n) is 5.87. The summed E-state index contributed by atoms with van der Waals surface area (Å²) in [5.41, 5.74) is 11.0. The van der Waals surface area contributed by atoms with E-state index in [1.165, 1.54) is 22.3 Å². The van der Waals surface area contributed by atoms with Crippen molar-refractivity contribution in [3.8, 4) is 45.7 Å². The summed E-state index contributed by atoms with van der Waals surface area (Å²) >= 11 is 0. The summed E-state index contributed by atoms with van der Waals surface area (Å²) in [6.07, 6.45) is 1.65. The predicted molar refractivity (Wildman–Crippen MR) is 202 cm³/mol. The van der Waals surface area contributed by atoms with Crippen LogP contribution in [0.25, 0.3) is 45.7 Å². The summed E-state index contributed by atoms with van der Waals surface area (Å²) in [5.74, 6) is 2.20. The Hall–Kier alpha value is -6.60. The van der Waals surface area contributed by atoms with Crippen molar-refractivity contribution >= 4 is 0 Å². The fourth-order valence-corrected chi connectivity index (χ4v) is 5.87. The zero-order valence-corrected chi connectivity index (χ0v) is 28.5. The van der Waals surface area contributed by atoms with Crippen molar-refractivity contribution < 1.29 is 4.42 Å². The Kier molecular flexibility index (Phi) is 10.2. The van der Waals surface area contributed by atoms with Gasteiger partial charge in [0.05, 0.1) is 0 Å². The number of hydrogen-bond donors (Lipinski definition) is 0. The lowest BCUT2D eigenvalue weighted by Gasteiger charge is -2.08. The number of nitrogens with zero attached hydrogens (tertiary/aromatic N) is 6. The average Bonchev–Trinajstić information content (AvgIpc) is 3.67. The molecule has 0 aliphatic carbocycles. The Morgan fingerprint density at radius 3 is 1.47 bits per heavy atom. The first-order chi connectivity index (χ1) is 25.1. The van der Waals surface area contributed by atoms with E-state index >= 15 is 0 Å². The minimum Gasteiger partial charge on any atom is -0.416 e. The van der Waals surface area contributed by atoms with E-state index in [4.69, 9.17) is 4.42 Å². The standard InChI is InChI=1S/C22H18N4.C22H18N2O/c1-16-8-7-12-19(14-16)21-23-25-22(26-24-21)20-13-6-5-11-18(20)15-17-9-3-2-4-10-17;1-16-8-7-12-19(14-16)21-23-24-22(25-21)20-13-6-5-11-18(20)15-17-9-3-2-4-10-17/h2-14H,15H2,1H3;2-14H,15H2,1H3. The normalized spacial score (nSPS) is 10.7. The van der Waals surface area contributed by atoms with Gasteiger partial charge in [-0.3, -0.25) is 0 Å². The van der Waals surface area contributed by atoms with Crippen LogP contribution in [0.3, 0.4) is 0 Å². The van der Waals surface area contributed by atoms with Crippen LogP contribution in [0.2, 0.25) is 0 Å². The second kappa shape index (κ2) is 15.7. The molecule has 0 radical (unpaired) electrons. The molecular weight excluding hydrogens is 629 g/mol. The van der Waals surface area contributed by atoms with Gasteiger partial charge >= 0.3 is 0 Å². The van der Waals surface area contributed by atoms with Crippen molar-refractivity contribution in [3.63, 3.8) is 0 Å². The van der Waals surface area contributed by atoms with Gasteiger partial charge in [-0.2, -0.15) is 0 Å². The molecular formula is C44H36N6O. The van der Waals surface area contributed by atoms with Crippen molar-refractivity contribution in [1.29, 1.82) is 0 Å². The summed E-state index contributed by atoms with van der Waals surface area (Å²) in [7, 11) is 0. The Labute approximate surface area is 297 Å². The highest BCUT2D eigenvalue weighted by Crippen LogP contribution is 2.28. The molecule has 7 nitrogen and oxygen atoms in total. The third kappa shape index (κ3) is 8.35. The van der Waals surface area contributed by atoms with Crippen molar-refractivity contribution in [2.45, 2.75) is 26.7 Å². The van der Waals surface area contributed by atoms with Gasteiger partial charge in [-0.25, -0.2) is 0 Å². The molecule has 0 saturated carbocycles. The molecule has 51 heavy (non-hydrogen) atoms. The molecule has 8 aromatic rings. The monoisotopic (exact) mass is 664 g/mol. The first kappa shape index (κ1) is 32.9. The predicted octanol–water partition coefficient (Wildman–Crippen LogP) is 9.80. The Morgan fingerprint density at radius 1 is 0.392 bits per heavy atom. The number of rotatable bonds is 8. The molecule has 0 saturated heterocycles. The third-order valence-electron chi connectivity index (χ3n) is 8.43. The first-order valence-corrected chi connectivity index (χ1v) is 16.9. The van der Waals surface area contributed by atoms with E-state index < -0.39 is 0 Å². The van der Waals surface area contributed by atoms with E-state index in [9.17, 15) is 0 Å². The van der Waals surface area contributed by atoms with E-state index in [1.54, 1.807) is 0 Å². The minimum atomic E-state index is 0.540. The molecule has 0 spiro atoms.